The molecule has 4 aromatic rings. The lowest BCUT2D eigenvalue weighted by Gasteiger charge is -2.22. The molecular formula is C28H30N4O5S. The minimum atomic E-state index is -4.11. The number of fused-ring (bicyclic) bond motifs is 1. The Labute approximate surface area is 222 Å². The van der Waals surface area contributed by atoms with Crippen molar-refractivity contribution in [3.05, 3.63) is 84.6 Å². The average Bonchev–Trinajstić information content (AvgIpc) is 2.88. The van der Waals surface area contributed by atoms with Crippen molar-refractivity contribution < 1.29 is 22.7 Å². The van der Waals surface area contributed by atoms with E-state index in [0.717, 1.165) is 10.8 Å². The van der Waals surface area contributed by atoms with E-state index in [1.54, 1.807) is 60.8 Å². The summed E-state index contributed by atoms with van der Waals surface area (Å²) < 4.78 is 39.8. The van der Waals surface area contributed by atoms with Crippen molar-refractivity contribution in [3.8, 4) is 11.5 Å². The van der Waals surface area contributed by atoms with Crippen LogP contribution in [-0.4, -0.2) is 32.0 Å². The molecule has 4 N–H and O–H groups in total. The van der Waals surface area contributed by atoms with Gasteiger partial charge in [-0.25, -0.2) is 18.1 Å². The number of nitrogens with two attached hydrogens (primary N) is 1. The Morgan fingerprint density at radius 2 is 1.76 bits per heavy atom. The van der Waals surface area contributed by atoms with Crippen LogP contribution >= 0.6 is 0 Å². The zero-order chi connectivity index (χ0) is 27.3. The molecule has 0 unspecified atom stereocenters. The molecular weight excluding hydrogens is 504 g/mol. The predicted octanol–water partition coefficient (Wildman–Crippen LogP) is 4.66. The van der Waals surface area contributed by atoms with E-state index in [1.165, 1.54) is 12.1 Å². The largest absolute Gasteiger partial charge is 0.490 e. The van der Waals surface area contributed by atoms with Crippen LogP contribution in [0.2, 0.25) is 0 Å². The molecule has 4 rings (SSSR count). The zero-order valence-corrected chi connectivity index (χ0v) is 22.2. The molecule has 198 valence electrons. The van der Waals surface area contributed by atoms with Gasteiger partial charge in [-0.15, -0.1) is 0 Å². The van der Waals surface area contributed by atoms with E-state index in [1.807, 2.05) is 26.8 Å². The summed E-state index contributed by atoms with van der Waals surface area (Å²) in [7, 11) is -4.11. The Morgan fingerprint density at radius 1 is 1.00 bits per heavy atom. The Hall–Kier alpha value is -4.31. The number of nitrogen functional groups attached to an aromatic ring is 1. The molecule has 9 nitrogen and oxygen atoms in total. The first-order valence-electron chi connectivity index (χ1n) is 12.1. The van der Waals surface area contributed by atoms with Crippen LogP contribution in [0.4, 0.5) is 11.5 Å². The van der Waals surface area contributed by atoms with Crippen molar-refractivity contribution in [1.29, 1.82) is 0 Å². The maximum atomic E-state index is 13.5. The van der Waals surface area contributed by atoms with E-state index in [2.05, 4.69) is 15.0 Å². The number of ether oxygens (including phenoxy) is 2. The van der Waals surface area contributed by atoms with Gasteiger partial charge in [0.15, 0.2) is 11.5 Å². The van der Waals surface area contributed by atoms with E-state index in [-0.39, 0.29) is 11.0 Å². The minimum Gasteiger partial charge on any atom is -0.490 e. The molecule has 0 aliphatic rings. The molecule has 10 heteroatoms. The number of benzene rings is 3. The number of pyridine rings is 1. The van der Waals surface area contributed by atoms with Gasteiger partial charge in [-0.2, -0.15) is 0 Å². The van der Waals surface area contributed by atoms with Crippen LogP contribution in [0.3, 0.4) is 0 Å². The van der Waals surface area contributed by atoms with Crippen molar-refractivity contribution >= 4 is 38.2 Å². The van der Waals surface area contributed by atoms with E-state index in [4.69, 9.17) is 15.2 Å². The number of hydrogen-bond donors (Lipinski definition) is 3. The highest BCUT2D eigenvalue weighted by atomic mass is 32.2. The highest BCUT2D eigenvalue weighted by Crippen LogP contribution is 2.33. The van der Waals surface area contributed by atoms with Gasteiger partial charge in [0.2, 0.25) is 0 Å². The van der Waals surface area contributed by atoms with E-state index in [9.17, 15) is 13.2 Å². The Morgan fingerprint density at radius 3 is 2.47 bits per heavy atom. The monoisotopic (exact) mass is 534 g/mol. The number of anilines is 2. The first kappa shape index (κ1) is 26.7. The molecule has 1 aromatic heterocycles. The molecule has 0 aliphatic heterocycles. The van der Waals surface area contributed by atoms with Gasteiger partial charge < -0.3 is 20.5 Å². The molecule has 0 radical (unpaired) electrons. The van der Waals surface area contributed by atoms with Crippen molar-refractivity contribution in [1.82, 2.24) is 9.71 Å². The lowest BCUT2D eigenvalue weighted by molar-refractivity contribution is -0.120. The van der Waals surface area contributed by atoms with Crippen LogP contribution in [0.15, 0.2) is 83.9 Å². The summed E-state index contributed by atoms with van der Waals surface area (Å²) in [5.41, 5.74) is 7.05. The van der Waals surface area contributed by atoms with Crippen molar-refractivity contribution in [2.24, 2.45) is 0 Å². The van der Waals surface area contributed by atoms with Gasteiger partial charge in [0.25, 0.3) is 15.9 Å². The molecule has 1 amide bonds. The van der Waals surface area contributed by atoms with E-state index >= 15 is 0 Å². The van der Waals surface area contributed by atoms with Crippen LogP contribution in [0.5, 0.6) is 11.5 Å². The number of nitrogens with one attached hydrogen (secondary N) is 2. The molecule has 38 heavy (non-hydrogen) atoms. The molecule has 1 atom stereocenters. The third-order valence-corrected chi connectivity index (χ3v) is 6.98. The molecule has 0 spiro atoms. The second kappa shape index (κ2) is 11.4. The summed E-state index contributed by atoms with van der Waals surface area (Å²) in [6.07, 6.45) is 1.51. The van der Waals surface area contributed by atoms with E-state index in [0.29, 0.717) is 35.2 Å². The van der Waals surface area contributed by atoms with Gasteiger partial charge in [-0.3, -0.25) is 4.79 Å². The van der Waals surface area contributed by atoms with Gasteiger partial charge in [0.05, 0.1) is 17.6 Å². The summed E-state index contributed by atoms with van der Waals surface area (Å²) in [5.74, 6) is 0.597. The van der Waals surface area contributed by atoms with Crippen LogP contribution in [0, 0.1) is 0 Å². The quantitative estimate of drug-likeness (QED) is 0.268. The van der Waals surface area contributed by atoms with Crippen LogP contribution in [0.25, 0.3) is 10.8 Å². The fourth-order valence-corrected chi connectivity index (χ4v) is 4.95. The van der Waals surface area contributed by atoms with Crippen molar-refractivity contribution in [2.45, 2.75) is 37.8 Å². The number of carbonyl (C=O) groups is 1. The third-order valence-electron chi connectivity index (χ3n) is 5.62. The molecule has 0 aliphatic carbocycles. The van der Waals surface area contributed by atoms with Gasteiger partial charge >= 0.3 is 0 Å². The van der Waals surface area contributed by atoms with Crippen LogP contribution in [-0.2, 0) is 14.8 Å². The number of amides is 1. The summed E-state index contributed by atoms with van der Waals surface area (Å²) in [4.78, 5) is 17.6. The average molecular weight is 535 g/mol. The number of carbonyl (C=O) groups excluding carboxylic acids is 1. The summed E-state index contributed by atoms with van der Waals surface area (Å²) in [5, 5.41) is 4.75. The predicted molar refractivity (Wildman–Crippen MR) is 148 cm³/mol. The normalized spacial score (nSPS) is 12.2. The second-order valence-corrected chi connectivity index (χ2v) is 10.5. The van der Waals surface area contributed by atoms with Crippen LogP contribution < -0.4 is 25.2 Å². The van der Waals surface area contributed by atoms with Crippen molar-refractivity contribution in [3.63, 3.8) is 0 Å². The molecule has 0 saturated heterocycles. The van der Waals surface area contributed by atoms with Gasteiger partial charge in [-0.05, 0) is 80.3 Å². The minimum absolute atomic E-state index is 0.0172. The summed E-state index contributed by atoms with van der Waals surface area (Å²) in [6, 6.07) is 18.9. The molecule has 3 aromatic carbocycles. The number of nitrogens with zero attached hydrogens (tertiary/aromatic N) is 1. The van der Waals surface area contributed by atoms with Crippen LogP contribution in [0.1, 0.15) is 32.4 Å². The van der Waals surface area contributed by atoms with E-state index < -0.39 is 22.0 Å². The first-order valence-corrected chi connectivity index (χ1v) is 13.6. The molecule has 0 bridgehead atoms. The highest BCUT2D eigenvalue weighted by molar-refractivity contribution is 7.90. The van der Waals surface area contributed by atoms with Gasteiger partial charge in [-0.1, -0.05) is 24.3 Å². The smallest absolute Gasteiger partial charge is 0.264 e. The second-order valence-electron chi connectivity index (χ2n) is 8.80. The fraction of sp³-hybridized carbons (Fsp3) is 0.214. The lowest BCUT2D eigenvalue weighted by Crippen LogP contribution is -2.37. The Kier molecular flexibility index (Phi) is 8.02. The van der Waals surface area contributed by atoms with Gasteiger partial charge in [0, 0.05) is 17.3 Å². The summed E-state index contributed by atoms with van der Waals surface area (Å²) >= 11 is 0. The number of hydrogen-bond acceptors (Lipinski definition) is 8. The molecule has 1 heterocycles. The number of sulfonamides is 1. The van der Waals surface area contributed by atoms with Crippen molar-refractivity contribution in [2.75, 3.05) is 17.7 Å². The first-order chi connectivity index (χ1) is 18.2. The Bertz CT molecular complexity index is 1540. The molecule has 0 fully saturated rings. The maximum Gasteiger partial charge on any atom is 0.264 e. The number of aromatic nitrogens is 1. The Balaban J connectivity index is 1.74. The summed E-state index contributed by atoms with van der Waals surface area (Å²) in [6.45, 7) is 6.02. The molecule has 0 saturated carbocycles. The number of rotatable bonds is 10. The lowest BCUT2D eigenvalue weighted by atomic mass is 10.0. The third kappa shape index (κ3) is 6.15. The standard InChI is InChI=1S/C28H30N4O5S/c1-4-36-25-17-20(10-13-24(25)37-18(2)3)26(28(33)32-38(34,35)22-8-6-5-7-9-22)31-21-11-12-23-19(16-21)14-15-30-27(23)29/h5-18,26,31H,4H2,1-3H3,(H2,29,30)(H,32,33)/t26-/m1/s1. The fourth-order valence-electron chi connectivity index (χ4n) is 3.93. The highest BCUT2D eigenvalue weighted by Gasteiger charge is 2.27. The topological polar surface area (TPSA) is 133 Å². The van der Waals surface area contributed by atoms with Gasteiger partial charge in [0.1, 0.15) is 11.9 Å². The SMILES string of the molecule is CCOc1cc([C@@H](Nc2ccc3c(N)nccc3c2)C(=O)NS(=O)(=O)c2ccccc2)ccc1OC(C)C. The zero-order valence-electron chi connectivity index (χ0n) is 21.3. The maximum absolute atomic E-state index is 13.5.